The van der Waals surface area contributed by atoms with Crippen LogP contribution in [0.3, 0.4) is 0 Å². The first-order chi connectivity index (χ1) is 21.1. The molecule has 1 spiro atoms. The molecule has 8 bridgehead atoms. The SMILES string of the molecule is COCC1OCCOC23C[C@@]4(O)CC[C@@H]5C(=C4CC2OCCO3)[C@@H](c2ccc(C3(C)OCCO3)cc2)C[C@@]2(C)[C@@H]5CC[C@@]12O. The lowest BCUT2D eigenvalue weighted by molar-refractivity contribution is -0.351. The van der Waals surface area contributed by atoms with Crippen LogP contribution in [0.25, 0.3) is 0 Å². The van der Waals surface area contributed by atoms with Crippen LogP contribution in [0, 0.1) is 17.3 Å². The van der Waals surface area contributed by atoms with E-state index < -0.39 is 34.3 Å². The molecule has 44 heavy (non-hydrogen) atoms. The molecule has 9 heteroatoms. The first-order valence-corrected chi connectivity index (χ1v) is 16.7. The Morgan fingerprint density at radius 1 is 0.864 bits per heavy atom. The summed E-state index contributed by atoms with van der Waals surface area (Å²) in [5.41, 5.74) is 2.13. The Balaban J connectivity index is 1.30. The summed E-state index contributed by atoms with van der Waals surface area (Å²) in [7, 11) is 1.67. The summed E-state index contributed by atoms with van der Waals surface area (Å²) in [5.74, 6) is -1.24. The summed E-state index contributed by atoms with van der Waals surface area (Å²) in [6.07, 6.45) is 3.98. The molecule has 10 aliphatic rings. The van der Waals surface area contributed by atoms with Gasteiger partial charge in [-0.2, -0.15) is 0 Å². The van der Waals surface area contributed by atoms with Crippen molar-refractivity contribution in [2.75, 3.05) is 53.4 Å². The molecule has 1 aromatic rings. The fraction of sp³-hybridized carbons (Fsp3) is 0.771. The van der Waals surface area contributed by atoms with Crippen molar-refractivity contribution < 1.29 is 43.4 Å². The number of benzene rings is 1. The van der Waals surface area contributed by atoms with E-state index in [4.69, 9.17) is 33.2 Å². The van der Waals surface area contributed by atoms with Gasteiger partial charge in [0, 0.05) is 36.8 Å². The number of allylic oxidation sites excluding steroid dienone is 1. The summed E-state index contributed by atoms with van der Waals surface area (Å²) in [5, 5.41) is 25.3. The van der Waals surface area contributed by atoms with E-state index in [9.17, 15) is 10.2 Å². The quantitative estimate of drug-likeness (QED) is 0.489. The molecular weight excluding hydrogens is 564 g/mol. The Morgan fingerprint density at radius 2 is 1.57 bits per heavy atom. The van der Waals surface area contributed by atoms with Crippen LogP contribution in [0.4, 0.5) is 0 Å². The Bertz CT molecular complexity index is 1290. The van der Waals surface area contributed by atoms with E-state index in [2.05, 4.69) is 31.2 Å². The lowest BCUT2D eigenvalue weighted by Crippen LogP contribution is -2.64. The van der Waals surface area contributed by atoms with E-state index in [1.165, 1.54) is 11.1 Å². The van der Waals surface area contributed by atoms with Gasteiger partial charge in [-0.15, -0.1) is 0 Å². The predicted molar refractivity (Wildman–Crippen MR) is 159 cm³/mol. The number of fused-ring (bicyclic) bond motifs is 1. The van der Waals surface area contributed by atoms with Gasteiger partial charge in [-0.3, -0.25) is 0 Å². The molecule has 9 atom stereocenters. The molecule has 11 rings (SSSR count). The molecule has 3 saturated carbocycles. The largest absolute Gasteiger partial charge is 0.386 e. The van der Waals surface area contributed by atoms with Crippen LogP contribution in [0.15, 0.2) is 35.4 Å². The topological polar surface area (TPSA) is 105 Å². The van der Waals surface area contributed by atoms with E-state index in [-0.39, 0.29) is 30.5 Å². The predicted octanol–water partition coefficient (Wildman–Crippen LogP) is 3.95. The van der Waals surface area contributed by atoms with E-state index in [0.29, 0.717) is 65.3 Å². The molecule has 0 aromatic heterocycles. The van der Waals surface area contributed by atoms with Crippen LogP contribution in [0.5, 0.6) is 0 Å². The number of rotatable bonds is 4. The number of hydrogen-bond acceptors (Lipinski definition) is 9. The minimum atomic E-state index is -1.07. The van der Waals surface area contributed by atoms with Gasteiger partial charge in [-0.05, 0) is 62.0 Å². The van der Waals surface area contributed by atoms with Crippen molar-refractivity contribution in [2.45, 2.75) is 99.7 Å². The van der Waals surface area contributed by atoms with Gasteiger partial charge in [0.2, 0.25) is 0 Å². The molecule has 4 aliphatic carbocycles. The molecular formula is C35H48O9. The maximum Gasteiger partial charge on any atom is 0.198 e. The Hall–Kier alpha value is -1.40. The summed E-state index contributed by atoms with van der Waals surface area (Å²) < 4.78 is 43.3. The first-order valence-electron chi connectivity index (χ1n) is 16.7. The van der Waals surface area contributed by atoms with Crippen molar-refractivity contribution in [1.82, 2.24) is 0 Å². The normalized spacial score (nSPS) is 46.3. The third kappa shape index (κ3) is 4.24. The average molecular weight is 613 g/mol. The highest BCUT2D eigenvalue weighted by Crippen LogP contribution is 2.69. The highest BCUT2D eigenvalue weighted by atomic mass is 16.7. The third-order valence-electron chi connectivity index (χ3n) is 12.8. The van der Waals surface area contributed by atoms with Crippen molar-refractivity contribution >= 4 is 0 Å². The molecule has 9 nitrogen and oxygen atoms in total. The maximum atomic E-state index is 12.8. The van der Waals surface area contributed by atoms with Crippen LogP contribution in [-0.2, 0) is 38.9 Å². The monoisotopic (exact) mass is 612 g/mol. The molecule has 6 fully saturated rings. The van der Waals surface area contributed by atoms with Crippen LogP contribution in [-0.4, -0.2) is 92.8 Å². The van der Waals surface area contributed by atoms with Crippen molar-refractivity contribution in [2.24, 2.45) is 17.3 Å². The zero-order valence-corrected chi connectivity index (χ0v) is 26.3. The van der Waals surface area contributed by atoms with Gasteiger partial charge in [0.25, 0.3) is 0 Å². The summed E-state index contributed by atoms with van der Waals surface area (Å²) in [4.78, 5) is 0. The van der Waals surface area contributed by atoms with E-state index in [1.807, 2.05) is 6.92 Å². The lowest BCUT2D eigenvalue weighted by atomic mass is 9.49. The minimum Gasteiger partial charge on any atom is -0.386 e. The van der Waals surface area contributed by atoms with Crippen molar-refractivity contribution in [3.8, 4) is 0 Å². The zero-order chi connectivity index (χ0) is 30.4. The van der Waals surface area contributed by atoms with E-state index in [0.717, 1.165) is 30.4 Å². The average Bonchev–Trinajstić information content (AvgIpc) is 3.58. The minimum absolute atomic E-state index is 0.0176. The lowest BCUT2D eigenvalue weighted by Gasteiger charge is -2.60. The first kappa shape index (κ1) is 30.0. The molecule has 1 aromatic carbocycles. The van der Waals surface area contributed by atoms with Gasteiger partial charge in [0.15, 0.2) is 11.6 Å². The Labute approximate surface area is 260 Å². The molecule has 2 N–H and O–H groups in total. The van der Waals surface area contributed by atoms with E-state index >= 15 is 0 Å². The smallest absolute Gasteiger partial charge is 0.198 e. The van der Waals surface area contributed by atoms with E-state index in [1.54, 1.807) is 7.11 Å². The maximum absolute atomic E-state index is 12.8. The van der Waals surface area contributed by atoms with Crippen molar-refractivity contribution in [1.29, 1.82) is 0 Å². The highest BCUT2D eigenvalue weighted by Gasteiger charge is 2.68. The van der Waals surface area contributed by atoms with Crippen LogP contribution < -0.4 is 0 Å². The molecule has 3 saturated heterocycles. The molecule has 6 heterocycles. The third-order valence-corrected chi connectivity index (χ3v) is 12.8. The molecule has 0 radical (unpaired) electrons. The molecule has 242 valence electrons. The standard InChI is InChI=1S/C35H48O9/c1-31-19-25(22-4-6-23(7-5-22)32(2)41-16-17-42-32)30-24-8-10-33(36)21-35(28(18-27(30)33)39-12-14-43-35)44-15-13-40-29(20-38-3)34(31,37)11-9-26(24)31/h4-7,24-26,28-29,36-37H,8-21H2,1-3H3/t24-,25+,26+,28?,29?,31-,33-,34+,35?/m0/s1. The van der Waals surface area contributed by atoms with Gasteiger partial charge < -0.3 is 43.4 Å². The van der Waals surface area contributed by atoms with Crippen molar-refractivity contribution in [3.63, 3.8) is 0 Å². The summed E-state index contributed by atoms with van der Waals surface area (Å²) >= 11 is 0. The number of methoxy groups -OCH3 is 1. The van der Waals surface area contributed by atoms with Crippen molar-refractivity contribution in [3.05, 3.63) is 46.5 Å². The molecule has 3 unspecified atom stereocenters. The number of ether oxygens (including phenoxy) is 7. The fourth-order valence-corrected chi connectivity index (χ4v) is 10.6. The van der Waals surface area contributed by atoms with Crippen LogP contribution in [0.1, 0.15) is 75.8 Å². The van der Waals surface area contributed by atoms with Gasteiger partial charge in [-0.25, -0.2) is 0 Å². The second kappa shape index (κ2) is 10.6. The van der Waals surface area contributed by atoms with Gasteiger partial charge >= 0.3 is 0 Å². The Kier molecular flexibility index (Phi) is 7.19. The second-order valence-electron chi connectivity index (χ2n) is 14.7. The van der Waals surface area contributed by atoms with Crippen LogP contribution in [0.2, 0.25) is 0 Å². The Morgan fingerprint density at radius 3 is 2.30 bits per heavy atom. The number of hydrogen-bond donors (Lipinski definition) is 2. The summed E-state index contributed by atoms with van der Waals surface area (Å²) in [6.45, 7) is 7.24. The fourth-order valence-electron chi connectivity index (χ4n) is 10.6. The van der Waals surface area contributed by atoms with Crippen LogP contribution >= 0.6 is 0 Å². The van der Waals surface area contributed by atoms with Gasteiger partial charge in [0.05, 0.1) is 57.5 Å². The molecule has 6 aliphatic heterocycles. The van der Waals surface area contributed by atoms with Gasteiger partial charge in [0.1, 0.15) is 12.2 Å². The summed E-state index contributed by atoms with van der Waals surface area (Å²) in [6, 6.07) is 8.65. The highest BCUT2D eigenvalue weighted by molar-refractivity contribution is 5.45. The number of aliphatic hydroxyl groups is 2. The van der Waals surface area contributed by atoms with Gasteiger partial charge in [-0.1, -0.05) is 36.8 Å². The zero-order valence-electron chi connectivity index (χ0n) is 26.3. The molecule has 0 amide bonds. The second-order valence-corrected chi connectivity index (χ2v) is 14.7.